The zero-order valence-electron chi connectivity index (χ0n) is 10.7. The standard InChI is InChI=1S/C14H21NOS/c1-4-9-15-10-12(2)11-16-13-7-5-6-8-14(13)17-3/h5-8,15H,2,4,9-11H2,1,3H3. The molecule has 0 heterocycles. The molecule has 0 bridgehead atoms. The third-order valence-electron chi connectivity index (χ3n) is 2.30. The zero-order valence-corrected chi connectivity index (χ0v) is 11.5. The first-order chi connectivity index (χ1) is 8.27. The maximum Gasteiger partial charge on any atom is 0.133 e. The summed E-state index contributed by atoms with van der Waals surface area (Å²) < 4.78 is 5.76. The SMILES string of the molecule is C=C(CNCCC)COc1ccccc1SC. The van der Waals surface area contributed by atoms with E-state index < -0.39 is 0 Å². The van der Waals surface area contributed by atoms with Crippen molar-refractivity contribution in [3.63, 3.8) is 0 Å². The van der Waals surface area contributed by atoms with Crippen molar-refractivity contribution < 1.29 is 4.74 Å². The molecule has 0 amide bonds. The topological polar surface area (TPSA) is 21.3 Å². The van der Waals surface area contributed by atoms with Crippen LogP contribution in [-0.2, 0) is 0 Å². The van der Waals surface area contributed by atoms with Crippen molar-refractivity contribution >= 4 is 11.8 Å². The van der Waals surface area contributed by atoms with Crippen molar-refractivity contribution in [3.05, 3.63) is 36.4 Å². The molecule has 1 N–H and O–H groups in total. The van der Waals surface area contributed by atoms with Gasteiger partial charge >= 0.3 is 0 Å². The number of hydrogen-bond acceptors (Lipinski definition) is 3. The summed E-state index contributed by atoms with van der Waals surface area (Å²) in [7, 11) is 0. The molecule has 0 aliphatic carbocycles. The van der Waals surface area contributed by atoms with Gasteiger partial charge in [0.1, 0.15) is 12.4 Å². The van der Waals surface area contributed by atoms with Crippen molar-refractivity contribution in [2.24, 2.45) is 0 Å². The van der Waals surface area contributed by atoms with Gasteiger partial charge in [-0.25, -0.2) is 0 Å². The van der Waals surface area contributed by atoms with Gasteiger partial charge in [-0.1, -0.05) is 25.6 Å². The molecule has 0 spiro atoms. The molecule has 94 valence electrons. The highest BCUT2D eigenvalue weighted by atomic mass is 32.2. The van der Waals surface area contributed by atoms with Crippen molar-refractivity contribution in [3.8, 4) is 5.75 Å². The third-order valence-corrected chi connectivity index (χ3v) is 3.08. The summed E-state index contributed by atoms with van der Waals surface area (Å²) in [6.07, 6.45) is 3.20. The van der Waals surface area contributed by atoms with Crippen molar-refractivity contribution in [1.29, 1.82) is 0 Å². The van der Waals surface area contributed by atoms with Gasteiger partial charge in [-0.2, -0.15) is 0 Å². The van der Waals surface area contributed by atoms with E-state index in [1.54, 1.807) is 11.8 Å². The van der Waals surface area contributed by atoms with E-state index in [-0.39, 0.29) is 0 Å². The number of para-hydroxylation sites is 1. The quantitative estimate of drug-likeness (QED) is 0.435. The molecule has 0 aliphatic heterocycles. The maximum atomic E-state index is 5.76. The Labute approximate surface area is 108 Å². The molecule has 2 nitrogen and oxygen atoms in total. The van der Waals surface area contributed by atoms with Gasteiger partial charge in [-0.15, -0.1) is 11.8 Å². The highest BCUT2D eigenvalue weighted by Crippen LogP contribution is 2.26. The average Bonchev–Trinajstić information content (AvgIpc) is 2.37. The average molecular weight is 251 g/mol. The van der Waals surface area contributed by atoms with Crippen LogP contribution < -0.4 is 10.1 Å². The predicted molar refractivity (Wildman–Crippen MR) is 76.0 cm³/mol. The molecular formula is C14H21NOS. The zero-order chi connectivity index (χ0) is 12.5. The van der Waals surface area contributed by atoms with E-state index in [1.165, 1.54) is 4.90 Å². The van der Waals surface area contributed by atoms with E-state index in [1.807, 2.05) is 18.2 Å². The Morgan fingerprint density at radius 3 is 2.88 bits per heavy atom. The molecule has 1 aromatic carbocycles. The second-order valence-corrected chi connectivity index (χ2v) is 4.71. The van der Waals surface area contributed by atoms with Crippen LogP contribution in [0.2, 0.25) is 0 Å². The molecule has 0 radical (unpaired) electrons. The Morgan fingerprint density at radius 2 is 2.18 bits per heavy atom. The molecular weight excluding hydrogens is 230 g/mol. The molecule has 0 atom stereocenters. The van der Waals surface area contributed by atoms with E-state index in [9.17, 15) is 0 Å². The number of ether oxygens (including phenoxy) is 1. The molecule has 1 aromatic rings. The van der Waals surface area contributed by atoms with Gasteiger partial charge in [0.05, 0.1) is 0 Å². The lowest BCUT2D eigenvalue weighted by Gasteiger charge is -2.11. The molecule has 0 saturated heterocycles. The summed E-state index contributed by atoms with van der Waals surface area (Å²) in [6, 6.07) is 8.08. The van der Waals surface area contributed by atoms with Crippen molar-refractivity contribution in [2.75, 3.05) is 26.0 Å². The first kappa shape index (κ1) is 14.1. The Hall–Kier alpha value is -0.930. The summed E-state index contributed by atoms with van der Waals surface area (Å²) in [6.45, 7) is 8.59. The molecule has 3 heteroatoms. The van der Waals surface area contributed by atoms with Gasteiger partial charge in [0.25, 0.3) is 0 Å². The lowest BCUT2D eigenvalue weighted by molar-refractivity contribution is 0.340. The minimum Gasteiger partial charge on any atom is -0.488 e. The molecule has 0 saturated carbocycles. The minimum absolute atomic E-state index is 0.578. The molecule has 0 unspecified atom stereocenters. The lowest BCUT2D eigenvalue weighted by atomic mass is 10.3. The summed E-state index contributed by atoms with van der Waals surface area (Å²) >= 11 is 1.70. The molecule has 0 aromatic heterocycles. The number of benzene rings is 1. The largest absolute Gasteiger partial charge is 0.488 e. The lowest BCUT2D eigenvalue weighted by Crippen LogP contribution is -2.20. The van der Waals surface area contributed by atoms with E-state index in [0.717, 1.165) is 30.8 Å². The van der Waals surface area contributed by atoms with Crippen LogP contribution in [0.5, 0.6) is 5.75 Å². The van der Waals surface area contributed by atoms with Crippen LogP contribution in [0.25, 0.3) is 0 Å². The summed E-state index contributed by atoms with van der Waals surface area (Å²) in [5.41, 5.74) is 1.08. The van der Waals surface area contributed by atoms with Crippen LogP contribution in [0.4, 0.5) is 0 Å². The van der Waals surface area contributed by atoms with Gasteiger partial charge < -0.3 is 10.1 Å². The smallest absolute Gasteiger partial charge is 0.133 e. The Morgan fingerprint density at radius 1 is 1.41 bits per heavy atom. The van der Waals surface area contributed by atoms with Gasteiger partial charge in [-0.3, -0.25) is 0 Å². The monoisotopic (exact) mass is 251 g/mol. The second kappa shape index (κ2) is 8.20. The molecule has 17 heavy (non-hydrogen) atoms. The first-order valence-electron chi connectivity index (χ1n) is 5.91. The molecule has 1 rings (SSSR count). The number of hydrogen-bond donors (Lipinski definition) is 1. The highest BCUT2D eigenvalue weighted by Gasteiger charge is 2.02. The van der Waals surface area contributed by atoms with Crippen molar-refractivity contribution in [2.45, 2.75) is 18.2 Å². The Kier molecular flexibility index (Phi) is 6.82. The van der Waals surface area contributed by atoms with Gasteiger partial charge in [0, 0.05) is 11.4 Å². The van der Waals surface area contributed by atoms with Gasteiger partial charge in [0.2, 0.25) is 0 Å². The van der Waals surface area contributed by atoms with Crippen LogP contribution in [0.1, 0.15) is 13.3 Å². The molecule has 0 aliphatic rings. The third kappa shape index (κ3) is 5.29. The number of thioether (sulfide) groups is 1. The van der Waals surface area contributed by atoms with Crippen LogP contribution in [0, 0.1) is 0 Å². The second-order valence-electron chi connectivity index (χ2n) is 3.87. The van der Waals surface area contributed by atoms with E-state index in [4.69, 9.17) is 4.74 Å². The van der Waals surface area contributed by atoms with Crippen LogP contribution in [0.3, 0.4) is 0 Å². The normalized spacial score (nSPS) is 10.2. The van der Waals surface area contributed by atoms with Crippen molar-refractivity contribution in [1.82, 2.24) is 5.32 Å². The highest BCUT2D eigenvalue weighted by molar-refractivity contribution is 7.98. The Bertz CT molecular complexity index is 352. The van der Waals surface area contributed by atoms with E-state index >= 15 is 0 Å². The summed E-state index contributed by atoms with van der Waals surface area (Å²) in [4.78, 5) is 1.17. The predicted octanol–water partition coefficient (Wildman–Crippen LogP) is 3.34. The van der Waals surface area contributed by atoms with Crippen LogP contribution in [0.15, 0.2) is 41.3 Å². The maximum absolute atomic E-state index is 5.76. The fourth-order valence-electron chi connectivity index (χ4n) is 1.41. The van der Waals surface area contributed by atoms with Crippen LogP contribution in [-0.4, -0.2) is 26.0 Å². The van der Waals surface area contributed by atoms with Gasteiger partial charge in [-0.05, 0) is 36.9 Å². The fourth-order valence-corrected chi connectivity index (χ4v) is 1.95. The van der Waals surface area contributed by atoms with Crippen LogP contribution >= 0.6 is 11.8 Å². The molecule has 0 fully saturated rings. The summed E-state index contributed by atoms with van der Waals surface area (Å²) in [5.74, 6) is 0.941. The van der Waals surface area contributed by atoms with E-state index in [0.29, 0.717) is 6.61 Å². The Balaban J connectivity index is 2.36. The number of nitrogens with one attached hydrogen (secondary N) is 1. The van der Waals surface area contributed by atoms with E-state index in [2.05, 4.69) is 31.1 Å². The summed E-state index contributed by atoms with van der Waals surface area (Å²) in [5, 5.41) is 3.31. The minimum atomic E-state index is 0.578. The fraction of sp³-hybridized carbons (Fsp3) is 0.429. The first-order valence-corrected chi connectivity index (χ1v) is 7.13. The van der Waals surface area contributed by atoms with Gasteiger partial charge in [0.15, 0.2) is 0 Å². The number of rotatable bonds is 8.